The Hall–Kier alpha value is -3.19. The average Bonchev–Trinajstić information content (AvgIpc) is 2.89. The van der Waals surface area contributed by atoms with Gasteiger partial charge in [-0.05, 0) is 72.3 Å². The maximum Gasteiger partial charge on any atom is 0.331 e. The van der Waals surface area contributed by atoms with Gasteiger partial charge >= 0.3 is 17.9 Å². The molecule has 222 valence electrons. The van der Waals surface area contributed by atoms with Gasteiger partial charge in [0.25, 0.3) is 0 Å². The van der Waals surface area contributed by atoms with Crippen molar-refractivity contribution in [2.45, 2.75) is 98.6 Å². The van der Waals surface area contributed by atoms with Gasteiger partial charge in [-0.3, -0.25) is 9.59 Å². The molecule has 7 heteroatoms. The van der Waals surface area contributed by atoms with E-state index in [9.17, 15) is 19.5 Å². The Kier molecular flexibility index (Phi) is 8.43. The van der Waals surface area contributed by atoms with Crippen molar-refractivity contribution in [1.82, 2.24) is 0 Å². The number of fused-ring (bicyclic) bond motifs is 3. The fourth-order valence-electron chi connectivity index (χ4n) is 7.66. The van der Waals surface area contributed by atoms with E-state index in [2.05, 4.69) is 27.4 Å². The molecule has 0 aliphatic heterocycles. The lowest BCUT2D eigenvalue weighted by Gasteiger charge is -2.62. The van der Waals surface area contributed by atoms with Crippen molar-refractivity contribution in [3.63, 3.8) is 0 Å². The second-order valence-electron chi connectivity index (χ2n) is 13.0. The lowest BCUT2D eigenvalue weighted by molar-refractivity contribution is -0.180. The lowest BCUT2D eigenvalue weighted by Crippen LogP contribution is -2.62. The van der Waals surface area contributed by atoms with Crippen LogP contribution in [0.3, 0.4) is 0 Å². The van der Waals surface area contributed by atoms with Gasteiger partial charge in [0.2, 0.25) is 0 Å². The van der Waals surface area contributed by atoms with Gasteiger partial charge in [-0.25, -0.2) is 4.79 Å². The second-order valence-corrected chi connectivity index (χ2v) is 13.0. The van der Waals surface area contributed by atoms with Crippen molar-refractivity contribution in [3.05, 3.63) is 65.3 Å². The van der Waals surface area contributed by atoms with Crippen LogP contribution in [0, 0.1) is 22.2 Å². The lowest BCUT2D eigenvalue weighted by atomic mass is 9.44. The van der Waals surface area contributed by atoms with Gasteiger partial charge in [-0.1, -0.05) is 64.6 Å². The maximum atomic E-state index is 12.9. The number of benzene rings is 1. The molecule has 41 heavy (non-hydrogen) atoms. The van der Waals surface area contributed by atoms with Crippen LogP contribution in [0.4, 0.5) is 0 Å². The van der Waals surface area contributed by atoms with Crippen LogP contribution in [-0.4, -0.2) is 47.4 Å². The molecule has 0 aromatic heterocycles. The smallest absolute Gasteiger partial charge is 0.331 e. The molecule has 1 aromatic rings. The molecule has 0 saturated heterocycles. The third-order valence-electron chi connectivity index (χ3n) is 10.4. The highest BCUT2D eigenvalue weighted by atomic mass is 16.6. The zero-order valence-corrected chi connectivity index (χ0v) is 25.4. The van der Waals surface area contributed by atoms with E-state index < -0.39 is 52.6 Å². The Balaban J connectivity index is 1.74. The summed E-state index contributed by atoms with van der Waals surface area (Å²) < 4.78 is 17.6. The summed E-state index contributed by atoms with van der Waals surface area (Å²) in [5.41, 5.74) is 1.38. The van der Waals surface area contributed by atoms with E-state index in [4.69, 9.17) is 14.2 Å². The van der Waals surface area contributed by atoms with Gasteiger partial charge < -0.3 is 19.3 Å². The van der Waals surface area contributed by atoms with Crippen molar-refractivity contribution in [2.24, 2.45) is 22.2 Å². The summed E-state index contributed by atoms with van der Waals surface area (Å²) in [5.74, 6) is -1.33. The topological polar surface area (TPSA) is 99.1 Å². The molecule has 0 spiro atoms. The molecule has 1 N–H and O–H groups in total. The third kappa shape index (κ3) is 5.53. The Labute approximate surface area is 243 Å². The molecule has 7 nitrogen and oxygen atoms in total. The first-order chi connectivity index (χ1) is 19.1. The van der Waals surface area contributed by atoms with Gasteiger partial charge in [-0.2, -0.15) is 0 Å². The summed E-state index contributed by atoms with van der Waals surface area (Å²) in [7, 11) is 0. The van der Waals surface area contributed by atoms with Crippen LogP contribution in [0.2, 0.25) is 0 Å². The highest BCUT2D eigenvalue weighted by Crippen LogP contribution is 2.65. The predicted molar refractivity (Wildman–Crippen MR) is 156 cm³/mol. The van der Waals surface area contributed by atoms with Crippen LogP contribution in [0.15, 0.2) is 59.7 Å². The first-order valence-corrected chi connectivity index (χ1v) is 14.5. The van der Waals surface area contributed by atoms with Crippen molar-refractivity contribution >= 4 is 24.0 Å². The van der Waals surface area contributed by atoms with Crippen LogP contribution in [0.5, 0.6) is 0 Å². The van der Waals surface area contributed by atoms with Crippen LogP contribution >= 0.6 is 0 Å². The Morgan fingerprint density at radius 2 is 1.61 bits per heavy atom. The normalized spacial score (nSPS) is 34.7. The van der Waals surface area contributed by atoms with Gasteiger partial charge in [-0.15, -0.1) is 0 Å². The summed E-state index contributed by atoms with van der Waals surface area (Å²) in [5, 5.41) is 12.2. The van der Waals surface area contributed by atoms with E-state index in [0.29, 0.717) is 25.7 Å². The Bertz CT molecular complexity index is 1270. The number of carbonyl (C=O) groups excluding carboxylic acids is 3. The molecule has 2 fully saturated rings. The van der Waals surface area contributed by atoms with Gasteiger partial charge in [0.05, 0.1) is 0 Å². The number of aliphatic hydroxyl groups excluding tert-OH is 1. The molecule has 3 aliphatic carbocycles. The molecule has 0 heterocycles. The van der Waals surface area contributed by atoms with Crippen molar-refractivity contribution in [2.75, 3.05) is 0 Å². The zero-order chi connectivity index (χ0) is 30.3. The summed E-state index contributed by atoms with van der Waals surface area (Å²) in [4.78, 5) is 37.3. The summed E-state index contributed by atoms with van der Waals surface area (Å²) in [6, 6.07) is 9.53. The highest BCUT2D eigenvalue weighted by molar-refractivity contribution is 5.87. The SMILES string of the molecule is C=C1C(OC(=O)C=Cc2ccccc2)CCC2(C)C(O)C(OC(C)=O)C3=C(C)C(OC(C)=O)CC(CC12C)C3(C)C. The molecule has 3 aliphatic rings. The average molecular weight is 565 g/mol. The monoisotopic (exact) mass is 564 g/mol. The zero-order valence-electron chi connectivity index (χ0n) is 25.4. The van der Waals surface area contributed by atoms with E-state index in [1.165, 1.54) is 19.9 Å². The van der Waals surface area contributed by atoms with Crippen molar-refractivity contribution < 1.29 is 33.7 Å². The minimum absolute atomic E-state index is 0.00427. The molecule has 2 bridgehead atoms. The molecule has 2 saturated carbocycles. The highest BCUT2D eigenvalue weighted by Gasteiger charge is 2.63. The van der Waals surface area contributed by atoms with Crippen molar-refractivity contribution in [1.29, 1.82) is 0 Å². The van der Waals surface area contributed by atoms with Gasteiger partial charge in [0, 0.05) is 30.8 Å². The summed E-state index contributed by atoms with van der Waals surface area (Å²) >= 11 is 0. The van der Waals surface area contributed by atoms with Gasteiger partial charge in [0.1, 0.15) is 18.3 Å². The third-order valence-corrected chi connectivity index (χ3v) is 10.4. The molecule has 7 atom stereocenters. The van der Waals surface area contributed by atoms with E-state index in [-0.39, 0.29) is 11.9 Å². The van der Waals surface area contributed by atoms with E-state index >= 15 is 0 Å². The van der Waals surface area contributed by atoms with Crippen LogP contribution < -0.4 is 0 Å². The fraction of sp³-hybridized carbons (Fsp3) is 0.559. The quantitative estimate of drug-likeness (QED) is 0.204. The summed E-state index contributed by atoms with van der Waals surface area (Å²) in [6.45, 7) is 17.4. The molecular weight excluding hydrogens is 520 g/mol. The fourth-order valence-corrected chi connectivity index (χ4v) is 7.66. The number of carbonyl (C=O) groups is 3. The minimum atomic E-state index is -1.07. The van der Waals surface area contributed by atoms with E-state index in [0.717, 1.165) is 22.3 Å². The Morgan fingerprint density at radius 1 is 0.976 bits per heavy atom. The number of rotatable bonds is 5. The van der Waals surface area contributed by atoms with E-state index in [1.54, 1.807) is 6.08 Å². The standard InChI is InChI=1S/C34H44O7/c1-20-27(39-22(3)35)18-25-19-34(8)21(2)26(41-28(37)15-14-24-12-10-9-11-13-24)16-17-33(34,7)31(38)30(40-23(4)36)29(20)32(25,5)6/h9-15,25-27,30-31,38H,2,16-19H2,1,3-8H3. The summed E-state index contributed by atoms with van der Waals surface area (Å²) in [6.07, 6.45) is 2.37. The first-order valence-electron chi connectivity index (χ1n) is 14.5. The van der Waals surface area contributed by atoms with Crippen LogP contribution in [0.1, 0.15) is 79.7 Å². The maximum absolute atomic E-state index is 12.9. The van der Waals surface area contributed by atoms with Crippen LogP contribution in [0.25, 0.3) is 6.08 Å². The number of esters is 3. The molecule has 4 rings (SSSR count). The second kappa shape index (κ2) is 11.2. The molecule has 0 amide bonds. The first kappa shape index (κ1) is 30.8. The number of hydrogen-bond donors (Lipinski definition) is 1. The minimum Gasteiger partial charge on any atom is -0.458 e. The molecule has 0 radical (unpaired) electrons. The number of aliphatic hydroxyl groups is 1. The largest absolute Gasteiger partial charge is 0.458 e. The van der Waals surface area contributed by atoms with E-state index in [1.807, 2.05) is 44.2 Å². The molecule has 1 aromatic carbocycles. The Morgan fingerprint density at radius 3 is 2.22 bits per heavy atom. The predicted octanol–water partition coefficient (Wildman–Crippen LogP) is 5.96. The number of ether oxygens (including phenoxy) is 3. The molecule has 7 unspecified atom stereocenters. The van der Waals surface area contributed by atoms with Gasteiger partial charge in [0.15, 0.2) is 6.10 Å². The van der Waals surface area contributed by atoms with Crippen molar-refractivity contribution in [3.8, 4) is 0 Å². The number of hydrogen-bond acceptors (Lipinski definition) is 7. The van der Waals surface area contributed by atoms with Crippen LogP contribution in [-0.2, 0) is 28.6 Å². The molecular formula is C34H44O7.